The molecule has 2 aromatic carbocycles. The zero-order chi connectivity index (χ0) is 21.2. The Hall–Kier alpha value is -2.25. The molecule has 2 unspecified atom stereocenters. The van der Waals surface area contributed by atoms with Crippen LogP contribution in [0.1, 0.15) is 36.9 Å². The highest BCUT2D eigenvalue weighted by Gasteiger charge is 2.33. The van der Waals surface area contributed by atoms with E-state index < -0.39 is 16.1 Å². The summed E-state index contributed by atoms with van der Waals surface area (Å²) < 4.78 is 31.6. The number of carbonyl (C=O) groups excluding carboxylic acids is 1. The summed E-state index contributed by atoms with van der Waals surface area (Å²) in [6.07, 6.45) is 3.82. The predicted octanol–water partition coefficient (Wildman–Crippen LogP) is 3.70. The number of methoxy groups -OCH3 is 1. The lowest BCUT2D eigenvalue weighted by Crippen LogP contribution is -2.49. The number of benzene rings is 2. The predicted molar refractivity (Wildman–Crippen MR) is 115 cm³/mol. The van der Waals surface area contributed by atoms with Crippen molar-refractivity contribution in [2.24, 2.45) is 0 Å². The Kier molecular flexibility index (Phi) is 6.39. The van der Waals surface area contributed by atoms with E-state index >= 15 is 0 Å². The molecule has 0 fully saturated rings. The molecule has 0 bridgehead atoms. The Bertz CT molecular complexity index is 1010. The monoisotopic (exact) mass is 436 g/mol. The highest BCUT2D eigenvalue weighted by molar-refractivity contribution is 7.92. The average Bonchev–Trinajstić information content (AvgIpc) is 2.67. The molecule has 2 aromatic rings. The summed E-state index contributed by atoms with van der Waals surface area (Å²) in [5.41, 5.74) is 2.54. The number of amides is 1. The van der Waals surface area contributed by atoms with Crippen LogP contribution in [0, 0.1) is 0 Å². The second-order valence-electron chi connectivity index (χ2n) is 7.20. The molecule has 1 amide bonds. The molecule has 1 aliphatic rings. The number of halogens is 1. The van der Waals surface area contributed by atoms with Gasteiger partial charge < -0.3 is 10.1 Å². The molecule has 0 aromatic heterocycles. The number of aryl methyl sites for hydroxylation is 1. The van der Waals surface area contributed by atoms with Crippen LogP contribution in [-0.2, 0) is 21.2 Å². The lowest BCUT2D eigenvalue weighted by molar-refractivity contribution is -0.122. The first-order chi connectivity index (χ1) is 13.7. The highest BCUT2D eigenvalue weighted by atomic mass is 35.5. The van der Waals surface area contributed by atoms with Gasteiger partial charge in [0.25, 0.3) is 0 Å². The maximum Gasteiger partial charge on any atom is 0.244 e. The Morgan fingerprint density at radius 2 is 2.00 bits per heavy atom. The number of carbonyl (C=O) groups is 1. The molecule has 8 heteroatoms. The third kappa shape index (κ3) is 4.67. The molecule has 0 saturated carbocycles. The first-order valence-electron chi connectivity index (χ1n) is 9.43. The van der Waals surface area contributed by atoms with Gasteiger partial charge in [0.2, 0.25) is 15.9 Å². The van der Waals surface area contributed by atoms with Crippen LogP contribution in [0.4, 0.5) is 5.69 Å². The van der Waals surface area contributed by atoms with Crippen LogP contribution in [0.2, 0.25) is 5.02 Å². The van der Waals surface area contributed by atoms with E-state index in [0.717, 1.165) is 35.4 Å². The van der Waals surface area contributed by atoms with Gasteiger partial charge in [-0.15, -0.1) is 0 Å². The Morgan fingerprint density at radius 1 is 1.28 bits per heavy atom. The average molecular weight is 437 g/mol. The van der Waals surface area contributed by atoms with Crippen molar-refractivity contribution in [1.82, 2.24) is 5.32 Å². The molecule has 3 rings (SSSR count). The van der Waals surface area contributed by atoms with Gasteiger partial charge in [-0.2, -0.15) is 0 Å². The molecule has 6 nitrogen and oxygen atoms in total. The van der Waals surface area contributed by atoms with Crippen LogP contribution in [-0.4, -0.2) is 33.7 Å². The van der Waals surface area contributed by atoms with Gasteiger partial charge in [-0.05, 0) is 55.5 Å². The summed E-state index contributed by atoms with van der Waals surface area (Å²) in [5.74, 6) is -0.0540. The van der Waals surface area contributed by atoms with Gasteiger partial charge in [0.1, 0.15) is 11.8 Å². The number of rotatable bonds is 6. The maximum absolute atomic E-state index is 13.1. The van der Waals surface area contributed by atoms with Crippen molar-refractivity contribution in [3.63, 3.8) is 0 Å². The van der Waals surface area contributed by atoms with E-state index in [-0.39, 0.29) is 17.6 Å². The Morgan fingerprint density at radius 3 is 2.69 bits per heavy atom. The number of nitrogens with zero attached hydrogens (tertiary/aromatic N) is 1. The van der Waals surface area contributed by atoms with Crippen LogP contribution in [0.3, 0.4) is 0 Å². The van der Waals surface area contributed by atoms with Crippen molar-refractivity contribution < 1.29 is 17.9 Å². The van der Waals surface area contributed by atoms with E-state index in [1.165, 1.54) is 18.7 Å². The molecule has 29 heavy (non-hydrogen) atoms. The van der Waals surface area contributed by atoms with Crippen molar-refractivity contribution in [1.29, 1.82) is 0 Å². The molecule has 156 valence electrons. The smallest absolute Gasteiger partial charge is 0.244 e. The van der Waals surface area contributed by atoms with Crippen LogP contribution >= 0.6 is 11.6 Å². The molecule has 1 aliphatic carbocycles. The Labute approximate surface area is 176 Å². The van der Waals surface area contributed by atoms with E-state index in [2.05, 4.69) is 11.4 Å². The van der Waals surface area contributed by atoms with Crippen molar-refractivity contribution in [2.45, 2.75) is 38.3 Å². The minimum atomic E-state index is -3.78. The quantitative estimate of drug-likeness (QED) is 0.749. The van der Waals surface area contributed by atoms with E-state index in [1.54, 1.807) is 19.1 Å². The Balaban J connectivity index is 1.91. The van der Waals surface area contributed by atoms with Crippen molar-refractivity contribution in [2.75, 3.05) is 17.7 Å². The van der Waals surface area contributed by atoms with E-state index in [9.17, 15) is 13.2 Å². The highest BCUT2D eigenvalue weighted by Crippen LogP contribution is 2.35. The lowest BCUT2D eigenvalue weighted by Gasteiger charge is -2.32. The summed E-state index contributed by atoms with van der Waals surface area (Å²) >= 11 is 6.09. The van der Waals surface area contributed by atoms with Gasteiger partial charge in [0, 0.05) is 5.02 Å². The van der Waals surface area contributed by atoms with Gasteiger partial charge in [0.05, 0.1) is 25.1 Å². The summed E-state index contributed by atoms with van der Waals surface area (Å²) in [6, 6.07) is 11.6. The molecular weight excluding hydrogens is 412 g/mol. The molecule has 0 radical (unpaired) electrons. The molecular formula is C21H25ClN2O4S. The third-order valence-electron chi connectivity index (χ3n) is 5.15. The topological polar surface area (TPSA) is 75.7 Å². The van der Waals surface area contributed by atoms with Crippen LogP contribution in [0.5, 0.6) is 5.75 Å². The fourth-order valence-electron chi connectivity index (χ4n) is 3.81. The minimum absolute atomic E-state index is 0.141. The summed E-state index contributed by atoms with van der Waals surface area (Å²) in [6.45, 7) is 1.56. The zero-order valence-electron chi connectivity index (χ0n) is 16.7. The summed E-state index contributed by atoms with van der Waals surface area (Å²) in [5, 5.41) is 3.38. The number of sulfonamides is 1. The van der Waals surface area contributed by atoms with E-state index in [0.29, 0.717) is 10.8 Å². The number of hydrogen-bond donors (Lipinski definition) is 1. The van der Waals surface area contributed by atoms with Gasteiger partial charge in [-0.1, -0.05) is 35.9 Å². The number of nitrogens with one attached hydrogen (secondary N) is 1. The number of anilines is 1. The van der Waals surface area contributed by atoms with Crippen molar-refractivity contribution in [3.05, 3.63) is 58.6 Å². The normalized spacial score (nSPS) is 17.2. The molecule has 0 heterocycles. The van der Waals surface area contributed by atoms with Crippen LogP contribution in [0.25, 0.3) is 0 Å². The second-order valence-corrected chi connectivity index (χ2v) is 9.50. The standard InChI is InChI=1S/C21H25ClN2O4S/c1-14(21(25)23-18-10-6-8-15-7-4-5-9-17(15)18)24(29(3,26)27)19-13-16(22)11-12-20(19)28-2/h4-5,7,9,11-14,18H,6,8,10H2,1-3H3,(H,23,25). The number of fused-ring (bicyclic) bond motifs is 1. The van der Waals surface area contributed by atoms with E-state index in [4.69, 9.17) is 16.3 Å². The second kappa shape index (κ2) is 8.63. The van der Waals surface area contributed by atoms with E-state index in [1.807, 2.05) is 18.2 Å². The van der Waals surface area contributed by atoms with Gasteiger partial charge in [-0.3, -0.25) is 9.10 Å². The first-order valence-corrected chi connectivity index (χ1v) is 11.7. The molecule has 0 saturated heterocycles. The van der Waals surface area contributed by atoms with Crippen LogP contribution < -0.4 is 14.4 Å². The summed E-state index contributed by atoms with van der Waals surface area (Å²) in [7, 11) is -2.34. The van der Waals surface area contributed by atoms with Crippen molar-refractivity contribution in [3.8, 4) is 5.75 Å². The molecule has 2 atom stereocenters. The first kappa shape index (κ1) is 21.5. The van der Waals surface area contributed by atoms with Gasteiger partial charge >= 0.3 is 0 Å². The zero-order valence-corrected chi connectivity index (χ0v) is 18.3. The summed E-state index contributed by atoms with van der Waals surface area (Å²) in [4.78, 5) is 13.1. The maximum atomic E-state index is 13.1. The molecule has 0 aliphatic heterocycles. The number of ether oxygens (including phenoxy) is 1. The lowest BCUT2D eigenvalue weighted by atomic mass is 9.87. The van der Waals surface area contributed by atoms with Crippen LogP contribution in [0.15, 0.2) is 42.5 Å². The largest absolute Gasteiger partial charge is 0.495 e. The fraction of sp³-hybridized carbons (Fsp3) is 0.381. The van der Waals surface area contributed by atoms with Gasteiger partial charge in [0.15, 0.2) is 0 Å². The fourth-order valence-corrected chi connectivity index (χ4v) is 5.15. The van der Waals surface area contributed by atoms with Gasteiger partial charge in [-0.25, -0.2) is 8.42 Å². The molecule has 0 spiro atoms. The minimum Gasteiger partial charge on any atom is -0.495 e. The number of hydrogen-bond acceptors (Lipinski definition) is 4. The van der Waals surface area contributed by atoms with Crippen molar-refractivity contribution >= 4 is 33.2 Å². The third-order valence-corrected chi connectivity index (χ3v) is 6.62. The molecule has 1 N–H and O–H groups in total. The SMILES string of the molecule is COc1ccc(Cl)cc1N(C(C)C(=O)NC1CCCc2ccccc21)S(C)(=O)=O.